The summed E-state index contributed by atoms with van der Waals surface area (Å²) in [6, 6.07) is 8.99. The maximum absolute atomic E-state index is 13.2. The van der Waals surface area contributed by atoms with E-state index in [1.54, 1.807) is 43.3 Å². The number of nitrogens with one attached hydrogen (secondary N) is 3. The number of benzene rings is 2. The van der Waals surface area contributed by atoms with Crippen molar-refractivity contribution in [3.05, 3.63) is 58.3 Å². The topological polar surface area (TPSA) is 97.9 Å². The highest BCUT2D eigenvalue weighted by Gasteiger charge is 2.32. The molecule has 0 fully saturated rings. The smallest absolute Gasteiger partial charge is 0.319 e. The van der Waals surface area contributed by atoms with E-state index < -0.39 is 18.0 Å². The fourth-order valence-electron chi connectivity index (χ4n) is 3.24. The van der Waals surface area contributed by atoms with Gasteiger partial charge in [-0.2, -0.15) is 0 Å². The highest BCUT2D eigenvalue weighted by Crippen LogP contribution is 2.35. The molecule has 158 valence electrons. The average molecular weight is 432 g/mol. The molecule has 1 aliphatic rings. The largest absolute Gasteiger partial charge is 0.495 e. The second-order valence-corrected chi connectivity index (χ2v) is 6.92. The number of hydrogen-bond acceptors (Lipinski definition) is 5. The fourth-order valence-corrected chi connectivity index (χ4v) is 3.42. The minimum atomic E-state index is -0.705. The van der Waals surface area contributed by atoms with Gasteiger partial charge in [-0.25, -0.2) is 4.79 Å². The number of carbonyl (C=O) groups excluding carboxylic acids is 2. The number of urea groups is 1. The molecule has 9 heteroatoms. The van der Waals surface area contributed by atoms with Gasteiger partial charge in [-0.1, -0.05) is 17.7 Å². The van der Waals surface area contributed by atoms with Crippen molar-refractivity contribution in [3.8, 4) is 17.2 Å². The van der Waals surface area contributed by atoms with Crippen LogP contribution in [0, 0.1) is 0 Å². The summed E-state index contributed by atoms with van der Waals surface area (Å²) in [5.41, 5.74) is 1.84. The first-order valence-corrected chi connectivity index (χ1v) is 9.40. The van der Waals surface area contributed by atoms with E-state index in [-0.39, 0.29) is 0 Å². The average Bonchev–Trinajstić information content (AvgIpc) is 2.72. The van der Waals surface area contributed by atoms with Crippen LogP contribution >= 0.6 is 11.6 Å². The number of ether oxygens (including phenoxy) is 3. The molecule has 1 aliphatic heterocycles. The molecular formula is C21H22ClN3O5. The predicted molar refractivity (Wildman–Crippen MR) is 113 cm³/mol. The molecule has 0 aromatic heterocycles. The number of hydrogen-bond donors (Lipinski definition) is 3. The Kier molecular flexibility index (Phi) is 6.37. The van der Waals surface area contributed by atoms with Crippen molar-refractivity contribution in [2.45, 2.75) is 13.0 Å². The summed E-state index contributed by atoms with van der Waals surface area (Å²) < 4.78 is 15.9. The minimum absolute atomic E-state index is 0.337. The number of allylic oxidation sites excluding steroid dienone is 1. The first-order chi connectivity index (χ1) is 14.4. The second-order valence-electron chi connectivity index (χ2n) is 6.48. The van der Waals surface area contributed by atoms with Crippen LogP contribution in [0.25, 0.3) is 0 Å². The lowest BCUT2D eigenvalue weighted by Gasteiger charge is -2.29. The van der Waals surface area contributed by atoms with Crippen LogP contribution in [0.4, 0.5) is 10.5 Å². The summed E-state index contributed by atoms with van der Waals surface area (Å²) in [4.78, 5) is 25.3. The lowest BCUT2D eigenvalue weighted by molar-refractivity contribution is -0.113. The third-order valence-corrected chi connectivity index (χ3v) is 4.90. The van der Waals surface area contributed by atoms with Crippen molar-refractivity contribution >= 4 is 29.2 Å². The van der Waals surface area contributed by atoms with Gasteiger partial charge in [0.15, 0.2) is 11.5 Å². The Labute approximate surface area is 179 Å². The van der Waals surface area contributed by atoms with Gasteiger partial charge >= 0.3 is 6.03 Å². The van der Waals surface area contributed by atoms with Crippen molar-refractivity contribution in [3.63, 3.8) is 0 Å². The third-order valence-electron chi connectivity index (χ3n) is 4.66. The van der Waals surface area contributed by atoms with E-state index in [9.17, 15) is 9.59 Å². The number of halogens is 1. The van der Waals surface area contributed by atoms with Crippen LogP contribution in [0.5, 0.6) is 17.2 Å². The molecule has 0 radical (unpaired) electrons. The van der Waals surface area contributed by atoms with Crippen LogP contribution in [0.2, 0.25) is 5.02 Å². The van der Waals surface area contributed by atoms with E-state index in [2.05, 4.69) is 16.0 Å². The molecule has 0 bridgehead atoms. The molecule has 0 saturated heterocycles. The van der Waals surface area contributed by atoms with Gasteiger partial charge in [0.2, 0.25) is 0 Å². The first kappa shape index (κ1) is 21.3. The number of anilines is 1. The molecular weight excluding hydrogens is 410 g/mol. The van der Waals surface area contributed by atoms with E-state index in [1.807, 2.05) is 0 Å². The van der Waals surface area contributed by atoms with Gasteiger partial charge in [0.05, 0.1) is 38.6 Å². The summed E-state index contributed by atoms with van der Waals surface area (Å²) in [6.07, 6.45) is 0. The van der Waals surface area contributed by atoms with Crippen LogP contribution < -0.4 is 30.2 Å². The van der Waals surface area contributed by atoms with Crippen LogP contribution in [0.3, 0.4) is 0 Å². The van der Waals surface area contributed by atoms with Crippen LogP contribution in [0.1, 0.15) is 18.5 Å². The van der Waals surface area contributed by atoms with Crippen molar-refractivity contribution in [1.29, 1.82) is 0 Å². The SMILES string of the molecule is COc1ccc(Cl)cc1NC(=O)C1=C(C)NC(=O)N[C@@H]1c1ccc(OC)c(OC)c1. The molecule has 3 N–H and O–H groups in total. The first-order valence-electron chi connectivity index (χ1n) is 9.03. The van der Waals surface area contributed by atoms with E-state index in [1.165, 1.54) is 21.3 Å². The van der Waals surface area contributed by atoms with Gasteiger partial charge in [0, 0.05) is 10.7 Å². The van der Waals surface area contributed by atoms with Crippen molar-refractivity contribution in [2.24, 2.45) is 0 Å². The van der Waals surface area contributed by atoms with Crippen molar-refractivity contribution < 1.29 is 23.8 Å². The van der Waals surface area contributed by atoms with Crippen molar-refractivity contribution in [2.75, 3.05) is 26.6 Å². The number of methoxy groups -OCH3 is 3. The number of amides is 3. The number of rotatable bonds is 6. The van der Waals surface area contributed by atoms with Gasteiger partial charge in [-0.3, -0.25) is 4.79 Å². The summed E-state index contributed by atoms with van der Waals surface area (Å²) >= 11 is 6.06. The molecule has 1 atom stereocenters. The quantitative estimate of drug-likeness (QED) is 0.648. The summed E-state index contributed by atoms with van der Waals surface area (Å²) in [5, 5.41) is 8.69. The van der Waals surface area contributed by atoms with E-state index in [0.717, 1.165) is 0 Å². The van der Waals surface area contributed by atoms with E-state index >= 15 is 0 Å². The highest BCUT2D eigenvalue weighted by molar-refractivity contribution is 6.31. The van der Waals surface area contributed by atoms with Gasteiger partial charge in [0.1, 0.15) is 5.75 Å². The van der Waals surface area contributed by atoms with Crippen LogP contribution in [-0.4, -0.2) is 33.3 Å². The molecule has 0 spiro atoms. The fraction of sp³-hybridized carbons (Fsp3) is 0.238. The molecule has 0 aliphatic carbocycles. The van der Waals surface area contributed by atoms with Gasteiger partial charge in [0.25, 0.3) is 5.91 Å². The summed E-state index contributed by atoms with van der Waals surface area (Å²) in [6.45, 7) is 1.66. The summed E-state index contributed by atoms with van der Waals surface area (Å²) in [5.74, 6) is 1.07. The number of carbonyl (C=O) groups is 2. The van der Waals surface area contributed by atoms with Crippen LogP contribution in [-0.2, 0) is 4.79 Å². The Hall–Kier alpha value is -3.39. The molecule has 3 rings (SSSR count). The molecule has 3 amide bonds. The minimum Gasteiger partial charge on any atom is -0.495 e. The monoisotopic (exact) mass is 431 g/mol. The predicted octanol–water partition coefficient (Wildman–Crippen LogP) is 3.63. The molecule has 1 heterocycles. The lowest BCUT2D eigenvalue weighted by Crippen LogP contribution is -2.46. The maximum atomic E-state index is 13.2. The lowest BCUT2D eigenvalue weighted by atomic mass is 9.94. The molecule has 0 saturated carbocycles. The van der Waals surface area contributed by atoms with E-state index in [4.69, 9.17) is 25.8 Å². The summed E-state index contributed by atoms with van der Waals surface area (Å²) in [7, 11) is 4.55. The zero-order chi connectivity index (χ0) is 21.8. The Morgan fingerprint density at radius 3 is 2.33 bits per heavy atom. The highest BCUT2D eigenvalue weighted by atomic mass is 35.5. The van der Waals surface area contributed by atoms with Gasteiger partial charge < -0.3 is 30.2 Å². The molecule has 0 unspecified atom stereocenters. The molecule has 2 aromatic rings. The maximum Gasteiger partial charge on any atom is 0.319 e. The Bertz CT molecular complexity index is 1020. The van der Waals surface area contributed by atoms with Gasteiger partial charge in [-0.05, 0) is 42.8 Å². The third kappa shape index (κ3) is 4.28. The molecule has 2 aromatic carbocycles. The van der Waals surface area contributed by atoms with E-state index in [0.29, 0.717) is 44.8 Å². The zero-order valence-electron chi connectivity index (χ0n) is 17.0. The normalized spacial score (nSPS) is 15.8. The molecule has 8 nitrogen and oxygen atoms in total. The zero-order valence-corrected chi connectivity index (χ0v) is 17.7. The van der Waals surface area contributed by atoms with Gasteiger partial charge in [-0.15, -0.1) is 0 Å². The Morgan fingerprint density at radius 2 is 1.67 bits per heavy atom. The van der Waals surface area contributed by atoms with Crippen LogP contribution in [0.15, 0.2) is 47.7 Å². The van der Waals surface area contributed by atoms with Crippen molar-refractivity contribution in [1.82, 2.24) is 10.6 Å². The standard InChI is InChI=1S/C21H22ClN3O5/c1-11-18(20(26)24-14-10-13(22)6-8-15(14)28-2)19(25-21(27)23-11)12-5-7-16(29-3)17(9-12)30-4/h5-10,19H,1-4H3,(H,24,26)(H2,23,25,27)/t19-/m1/s1. The second kappa shape index (κ2) is 8.96. The molecule has 30 heavy (non-hydrogen) atoms. The Morgan fingerprint density at radius 1 is 1.00 bits per heavy atom. The Balaban J connectivity index is 2.00.